The second-order valence-electron chi connectivity index (χ2n) is 6.01. The van der Waals surface area contributed by atoms with Crippen LogP contribution in [0.3, 0.4) is 0 Å². The molecule has 0 radical (unpaired) electrons. The Bertz CT molecular complexity index is 764. The Kier molecular flexibility index (Phi) is 2.76. The number of aryl methyl sites for hydroxylation is 2. The number of piperidine rings is 1. The van der Waals surface area contributed by atoms with Gasteiger partial charge in [-0.1, -0.05) is 0 Å². The fraction of sp³-hybridized carbons (Fsp3) is 0.412. The topological polar surface area (TPSA) is 58.5 Å². The van der Waals surface area contributed by atoms with E-state index in [-0.39, 0.29) is 5.75 Å². The van der Waals surface area contributed by atoms with Crippen LogP contribution >= 0.6 is 0 Å². The molecule has 4 rings (SSSR count). The van der Waals surface area contributed by atoms with Crippen molar-refractivity contribution < 1.29 is 13.9 Å². The maximum absolute atomic E-state index is 10.5. The molecule has 1 saturated heterocycles. The maximum Gasteiger partial charge on any atom is 0.177 e. The number of rotatable bonds is 1. The number of nitrogens with one attached hydrogen (secondary N) is 1. The van der Waals surface area contributed by atoms with Gasteiger partial charge in [0.2, 0.25) is 0 Å². The Morgan fingerprint density at radius 3 is 2.52 bits per heavy atom. The lowest BCUT2D eigenvalue weighted by Crippen LogP contribution is -2.28. The number of phenolic OH excluding ortho intramolecular Hbond substituents is 1. The highest BCUT2D eigenvalue weighted by Gasteiger charge is 2.26. The molecule has 1 fully saturated rings. The van der Waals surface area contributed by atoms with Gasteiger partial charge in [0.25, 0.3) is 0 Å². The van der Waals surface area contributed by atoms with E-state index in [1.807, 2.05) is 26.0 Å². The van der Waals surface area contributed by atoms with Gasteiger partial charge in [-0.25, -0.2) is 0 Å². The van der Waals surface area contributed by atoms with E-state index in [0.717, 1.165) is 53.8 Å². The molecule has 3 aromatic rings. The molecule has 2 aromatic heterocycles. The van der Waals surface area contributed by atoms with E-state index in [2.05, 4.69) is 5.32 Å². The van der Waals surface area contributed by atoms with E-state index in [1.165, 1.54) is 5.56 Å². The summed E-state index contributed by atoms with van der Waals surface area (Å²) >= 11 is 0. The summed E-state index contributed by atoms with van der Waals surface area (Å²) in [7, 11) is 0. The lowest BCUT2D eigenvalue weighted by molar-refractivity contribution is 0.455. The van der Waals surface area contributed by atoms with Crippen LogP contribution in [0.4, 0.5) is 0 Å². The van der Waals surface area contributed by atoms with Gasteiger partial charge in [0.1, 0.15) is 17.1 Å². The number of hydrogen-bond donors (Lipinski definition) is 2. The van der Waals surface area contributed by atoms with Crippen LogP contribution in [0, 0.1) is 13.8 Å². The van der Waals surface area contributed by atoms with Crippen LogP contribution in [0.25, 0.3) is 21.9 Å². The fourth-order valence-electron chi connectivity index (χ4n) is 3.53. The molecule has 0 aliphatic carbocycles. The maximum atomic E-state index is 10.5. The summed E-state index contributed by atoms with van der Waals surface area (Å²) in [4.78, 5) is 0. The molecule has 0 saturated carbocycles. The van der Waals surface area contributed by atoms with Crippen LogP contribution in [0.5, 0.6) is 5.75 Å². The van der Waals surface area contributed by atoms with Crippen molar-refractivity contribution in [1.29, 1.82) is 0 Å². The van der Waals surface area contributed by atoms with E-state index in [0.29, 0.717) is 11.5 Å². The fourth-order valence-corrected chi connectivity index (χ4v) is 3.53. The van der Waals surface area contributed by atoms with E-state index in [9.17, 15) is 5.11 Å². The minimum absolute atomic E-state index is 0.192. The van der Waals surface area contributed by atoms with Crippen molar-refractivity contribution in [3.8, 4) is 5.75 Å². The van der Waals surface area contributed by atoms with Gasteiger partial charge in [-0.2, -0.15) is 0 Å². The Morgan fingerprint density at radius 2 is 1.81 bits per heavy atom. The van der Waals surface area contributed by atoms with E-state index < -0.39 is 0 Å². The average Bonchev–Trinajstić information content (AvgIpc) is 3.03. The number of aromatic hydroxyl groups is 1. The van der Waals surface area contributed by atoms with E-state index in [4.69, 9.17) is 8.83 Å². The first-order chi connectivity index (χ1) is 10.1. The Labute approximate surface area is 122 Å². The minimum atomic E-state index is 0.192. The van der Waals surface area contributed by atoms with Crippen LogP contribution in [-0.4, -0.2) is 18.2 Å². The molecule has 3 heterocycles. The van der Waals surface area contributed by atoms with Crippen molar-refractivity contribution >= 4 is 21.9 Å². The Balaban J connectivity index is 2.09. The third-order valence-electron chi connectivity index (χ3n) is 4.42. The molecule has 2 N–H and O–H groups in total. The summed E-state index contributed by atoms with van der Waals surface area (Å²) in [5.41, 5.74) is 2.57. The van der Waals surface area contributed by atoms with Crippen molar-refractivity contribution in [3.63, 3.8) is 0 Å². The molecular formula is C17H19NO3. The normalized spacial score (nSPS) is 19.6. The smallest absolute Gasteiger partial charge is 0.177 e. The molecular weight excluding hydrogens is 266 g/mol. The predicted octanol–water partition coefficient (Wildman–Crippen LogP) is 3.97. The zero-order valence-corrected chi connectivity index (χ0v) is 12.3. The number of furan rings is 2. The second kappa shape index (κ2) is 4.53. The first-order valence-electron chi connectivity index (χ1n) is 7.51. The molecule has 1 aliphatic heterocycles. The molecule has 1 unspecified atom stereocenters. The van der Waals surface area contributed by atoms with Crippen molar-refractivity contribution in [3.05, 3.63) is 29.2 Å². The molecule has 0 spiro atoms. The zero-order valence-electron chi connectivity index (χ0n) is 12.3. The van der Waals surface area contributed by atoms with Gasteiger partial charge in [-0.15, -0.1) is 0 Å². The van der Waals surface area contributed by atoms with E-state index in [1.54, 1.807) is 0 Å². The minimum Gasteiger partial charge on any atom is -0.504 e. The lowest BCUT2D eigenvalue weighted by Gasteiger charge is -2.23. The third kappa shape index (κ3) is 1.86. The molecule has 21 heavy (non-hydrogen) atoms. The molecule has 1 aliphatic rings. The standard InChI is InChI=1S/C17H19NO3/c1-9-6-12-14(11-4-3-5-18-8-11)16-13(7-10(2)20-16)15(19)17(12)21-9/h6-7,11,18-19H,3-5,8H2,1-2H3. The van der Waals surface area contributed by atoms with Gasteiger partial charge in [0, 0.05) is 23.4 Å². The summed E-state index contributed by atoms with van der Waals surface area (Å²) in [5.74, 6) is 2.22. The molecule has 4 heteroatoms. The Hall–Kier alpha value is -1.94. The summed E-state index contributed by atoms with van der Waals surface area (Å²) in [6, 6.07) is 3.90. The third-order valence-corrected chi connectivity index (χ3v) is 4.42. The number of phenols is 1. The summed E-state index contributed by atoms with van der Waals surface area (Å²) in [6.07, 6.45) is 2.29. The quantitative estimate of drug-likeness (QED) is 0.710. The van der Waals surface area contributed by atoms with Gasteiger partial charge < -0.3 is 19.3 Å². The average molecular weight is 285 g/mol. The summed E-state index contributed by atoms with van der Waals surface area (Å²) < 4.78 is 11.7. The van der Waals surface area contributed by atoms with Gasteiger partial charge in [0.15, 0.2) is 11.3 Å². The van der Waals surface area contributed by atoms with Crippen molar-refractivity contribution in [2.75, 3.05) is 13.1 Å². The predicted molar refractivity (Wildman–Crippen MR) is 82.0 cm³/mol. The van der Waals surface area contributed by atoms with Crippen LogP contribution < -0.4 is 5.32 Å². The number of fused-ring (bicyclic) bond motifs is 2. The second-order valence-corrected chi connectivity index (χ2v) is 6.01. The first-order valence-corrected chi connectivity index (χ1v) is 7.51. The summed E-state index contributed by atoms with van der Waals surface area (Å²) in [5, 5.41) is 15.7. The highest BCUT2D eigenvalue weighted by atomic mass is 16.4. The molecule has 1 aromatic carbocycles. The monoisotopic (exact) mass is 285 g/mol. The van der Waals surface area contributed by atoms with Gasteiger partial charge >= 0.3 is 0 Å². The molecule has 4 nitrogen and oxygen atoms in total. The number of hydrogen-bond acceptors (Lipinski definition) is 4. The SMILES string of the molecule is Cc1cc2c(C3CCCNC3)c3oc(C)cc3c(O)c2o1. The largest absolute Gasteiger partial charge is 0.504 e. The van der Waals surface area contributed by atoms with Crippen LogP contribution in [0.2, 0.25) is 0 Å². The van der Waals surface area contributed by atoms with Crippen molar-refractivity contribution in [2.45, 2.75) is 32.6 Å². The highest BCUT2D eigenvalue weighted by Crippen LogP contribution is 2.44. The first kappa shape index (κ1) is 12.8. The molecule has 1 atom stereocenters. The van der Waals surface area contributed by atoms with Gasteiger partial charge in [-0.3, -0.25) is 0 Å². The molecule has 110 valence electrons. The van der Waals surface area contributed by atoms with Gasteiger partial charge in [0.05, 0.1) is 5.39 Å². The van der Waals surface area contributed by atoms with Crippen molar-refractivity contribution in [2.24, 2.45) is 0 Å². The van der Waals surface area contributed by atoms with Crippen LogP contribution in [0.15, 0.2) is 21.0 Å². The molecule has 0 amide bonds. The van der Waals surface area contributed by atoms with Crippen LogP contribution in [0.1, 0.15) is 35.8 Å². The summed E-state index contributed by atoms with van der Waals surface area (Å²) in [6.45, 7) is 5.84. The highest BCUT2D eigenvalue weighted by molar-refractivity contribution is 6.04. The van der Waals surface area contributed by atoms with Crippen molar-refractivity contribution in [1.82, 2.24) is 5.32 Å². The Morgan fingerprint density at radius 1 is 1.10 bits per heavy atom. The lowest BCUT2D eigenvalue weighted by atomic mass is 9.88. The molecule has 0 bridgehead atoms. The zero-order chi connectivity index (χ0) is 14.6. The van der Waals surface area contributed by atoms with Gasteiger partial charge in [-0.05, 0) is 45.4 Å². The van der Waals surface area contributed by atoms with E-state index >= 15 is 0 Å². The van der Waals surface area contributed by atoms with Crippen LogP contribution in [-0.2, 0) is 0 Å². The number of benzene rings is 1.